The maximum atomic E-state index is 11.8. The van der Waals surface area contributed by atoms with Crippen LogP contribution >= 0.6 is 11.6 Å². The predicted octanol–water partition coefficient (Wildman–Crippen LogP) is 3.25. The molecule has 5 heteroatoms. The van der Waals surface area contributed by atoms with Crippen molar-refractivity contribution < 1.29 is 9.53 Å². The van der Waals surface area contributed by atoms with Crippen molar-refractivity contribution in [2.45, 2.75) is 12.8 Å². The summed E-state index contributed by atoms with van der Waals surface area (Å²) in [6.45, 7) is 0. The Hall–Kier alpha value is -1.94. The van der Waals surface area contributed by atoms with E-state index in [1.165, 1.54) is 0 Å². The average molecular weight is 279 g/mol. The van der Waals surface area contributed by atoms with E-state index in [0.717, 1.165) is 5.69 Å². The molecule has 0 atom stereocenters. The molecular weight excluding hydrogens is 264 g/mol. The second-order valence-corrected chi connectivity index (χ2v) is 4.50. The van der Waals surface area contributed by atoms with Crippen molar-refractivity contribution in [2.75, 3.05) is 12.4 Å². The molecule has 19 heavy (non-hydrogen) atoms. The number of carbonyl (C=O) groups excluding carboxylic acids is 1. The number of anilines is 1. The Kier molecular flexibility index (Phi) is 4.47. The summed E-state index contributed by atoms with van der Waals surface area (Å²) in [4.78, 5) is 14.8. The molecule has 0 aliphatic carbocycles. The predicted molar refractivity (Wildman–Crippen MR) is 75.7 cm³/mol. The molecule has 0 radical (unpaired) electrons. The van der Waals surface area contributed by atoms with Gasteiger partial charge in [-0.2, -0.15) is 0 Å². The third-order valence-corrected chi connectivity index (χ3v) is 3.01. The van der Waals surface area contributed by atoms with E-state index in [1.54, 1.807) is 25.3 Å². The van der Waals surface area contributed by atoms with Gasteiger partial charge < -0.3 is 15.0 Å². The summed E-state index contributed by atoms with van der Waals surface area (Å²) in [6, 6.07) is 9.03. The van der Waals surface area contributed by atoms with E-state index < -0.39 is 0 Å². The lowest BCUT2D eigenvalue weighted by atomic mass is 10.2. The SMILES string of the molecule is COc1ccc(NC(=O)CCc2ccc[nH]2)cc1Cl. The second kappa shape index (κ2) is 6.29. The summed E-state index contributed by atoms with van der Waals surface area (Å²) < 4.78 is 5.05. The zero-order valence-corrected chi connectivity index (χ0v) is 11.3. The van der Waals surface area contributed by atoms with Gasteiger partial charge in [-0.3, -0.25) is 4.79 Å². The van der Waals surface area contributed by atoms with E-state index in [4.69, 9.17) is 16.3 Å². The average Bonchev–Trinajstić information content (AvgIpc) is 2.90. The Morgan fingerprint density at radius 2 is 2.26 bits per heavy atom. The van der Waals surface area contributed by atoms with Gasteiger partial charge in [-0.15, -0.1) is 0 Å². The number of halogens is 1. The number of carbonyl (C=O) groups is 1. The highest BCUT2D eigenvalue weighted by Crippen LogP contribution is 2.27. The molecule has 2 rings (SSSR count). The van der Waals surface area contributed by atoms with Crippen LogP contribution in [-0.4, -0.2) is 18.0 Å². The molecule has 1 aromatic carbocycles. The van der Waals surface area contributed by atoms with Gasteiger partial charge in [0.15, 0.2) is 0 Å². The number of aryl methyl sites for hydroxylation is 1. The minimum Gasteiger partial charge on any atom is -0.495 e. The Morgan fingerprint density at radius 3 is 2.89 bits per heavy atom. The second-order valence-electron chi connectivity index (χ2n) is 4.09. The van der Waals surface area contributed by atoms with Crippen molar-refractivity contribution >= 4 is 23.2 Å². The Morgan fingerprint density at radius 1 is 1.42 bits per heavy atom. The van der Waals surface area contributed by atoms with Crippen molar-refractivity contribution in [3.8, 4) is 5.75 Å². The molecule has 0 aliphatic rings. The number of aromatic nitrogens is 1. The van der Waals surface area contributed by atoms with E-state index in [9.17, 15) is 4.79 Å². The first kappa shape index (κ1) is 13.5. The Balaban J connectivity index is 1.90. The van der Waals surface area contributed by atoms with Gasteiger partial charge in [0.1, 0.15) is 5.75 Å². The van der Waals surface area contributed by atoms with Crippen LogP contribution in [0.3, 0.4) is 0 Å². The number of aromatic amines is 1. The number of methoxy groups -OCH3 is 1. The fourth-order valence-electron chi connectivity index (χ4n) is 1.74. The Labute approximate surface area is 116 Å². The lowest BCUT2D eigenvalue weighted by Gasteiger charge is -2.07. The maximum Gasteiger partial charge on any atom is 0.224 e. The van der Waals surface area contributed by atoms with E-state index in [2.05, 4.69) is 10.3 Å². The smallest absolute Gasteiger partial charge is 0.224 e. The molecule has 0 saturated heterocycles. The lowest BCUT2D eigenvalue weighted by Crippen LogP contribution is -2.12. The minimum absolute atomic E-state index is 0.0455. The maximum absolute atomic E-state index is 11.8. The lowest BCUT2D eigenvalue weighted by molar-refractivity contribution is -0.116. The van der Waals surface area contributed by atoms with Crippen LogP contribution in [-0.2, 0) is 11.2 Å². The minimum atomic E-state index is -0.0455. The number of ether oxygens (including phenoxy) is 1. The van der Waals surface area contributed by atoms with Crippen LogP contribution in [0, 0.1) is 0 Å². The molecule has 0 bridgehead atoms. The van der Waals surface area contributed by atoms with Gasteiger partial charge in [0.2, 0.25) is 5.91 Å². The molecule has 0 aliphatic heterocycles. The number of hydrogen-bond donors (Lipinski definition) is 2. The van der Waals surface area contributed by atoms with Gasteiger partial charge in [-0.1, -0.05) is 11.6 Å². The number of hydrogen-bond acceptors (Lipinski definition) is 2. The normalized spacial score (nSPS) is 10.2. The first-order valence-corrected chi connectivity index (χ1v) is 6.32. The zero-order valence-electron chi connectivity index (χ0n) is 10.6. The largest absolute Gasteiger partial charge is 0.495 e. The molecule has 0 unspecified atom stereocenters. The van der Waals surface area contributed by atoms with E-state index >= 15 is 0 Å². The molecule has 0 spiro atoms. The molecule has 2 N–H and O–H groups in total. The summed E-state index contributed by atoms with van der Waals surface area (Å²) >= 11 is 5.99. The monoisotopic (exact) mass is 278 g/mol. The number of rotatable bonds is 5. The van der Waals surface area contributed by atoms with Gasteiger partial charge >= 0.3 is 0 Å². The van der Waals surface area contributed by atoms with Crippen molar-refractivity contribution in [1.29, 1.82) is 0 Å². The van der Waals surface area contributed by atoms with E-state index in [1.807, 2.05) is 18.3 Å². The highest BCUT2D eigenvalue weighted by Gasteiger charge is 2.06. The molecule has 1 aromatic heterocycles. The molecule has 0 saturated carbocycles. The van der Waals surface area contributed by atoms with E-state index in [-0.39, 0.29) is 5.91 Å². The number of benzene rings is 1. The summed E-state index contributed by atoms with van der Waals surface area (Å²) in [7, 11) is 1.55. The summed E-state index contributed by atoms with van der Waals surface area (Å²) in [5.74, 6) is 0.543. The molecule has 2 aromatic rings. The number of H-pyrrole nitrogens is 1. The summed E-state index contributed by atoms with van der Waals surface area (Å²) in [5.41, 5.74) is 1.71. The van der Waals surface area contributed by atoms with Crippen molar-refractivity contribution in [1.82, 2.24) is 4.98 Å². The van der Waals surface area contributed by atoms with Crippen LogP contribution in [0.2, 0.25) is 5.02 Å². The highest BCUT2D eigenvalue weighted by molar-refractivity contribution is 6.32. The van der Waals surface area contributed by atoms with E-state index in [0.29, 0.717) is 29.3 Å². The van der Waals surface area contributed by atoms with Crippen LogP contribution in [0.5, 0.6) is 5.75 Å². The number of nitrogens with one attached hydrogen (secondary N) is 2. The first-order chi connectivity index (χ1) is 9.19. The van der Waals surface area contributed by atoms with Crippen LogP contribution in [0.1, 0.15) is 12.1 Å². The van der Waals surface area contributed by atoms with Crippen LogP contribution in [0.15, 0.2) is 36.5 Å². The van der Waals surface area contributed by atoms with Gasteiger partial charge in [0.05, 0.1) is 12.1 Å². The standard InChI is InChI=1S/C14H15ClN2O2/c1-19-13-6-4-11(9-12(13)15)17-14(18)7-5-10-3-2-8-16-10/h2-4,6,8-9,16H,5,7H2,1H3,(H,17,18). The first-order valence-electron chi connectivity index (χ1n) is 5.94. The quantitative estimate of drug-likeness (QED) is 0.882. The molecular formula is C14H15ClN2O2. The fraction of sp³-hybridized carbons (Fsp3) is 0.214. The zero-order chi connectivity index (χ0) is 13.7. The van der Waals surface area contributed by atoms with Gasteiger partial charge in [0, 0.05) is 24.0 Å². The van der Waals surface area contributed by atoms with Gasteiger partial charge in [0.25, 0.3) is 0 Å². The van der Waals surface area contributed by atoms with Crippen molar-refractivity contribution in [3.63, 3.8) is 0 Å². The molecule has 0 fully saturated rings. The van der Waals surface area contributed by atoms with Gasteiger partial charge in [-0.25, -0.2) is 0 Å². The highest BCUT2D eigenvalue weighted by atomic mass is 35.5. The number of amides is 1. The third kappa shape index (κ3) is 3.76. The van der Waals surface area contributed by atoms with Crippen LogP contribution in [0.4, 0.5) is 5.69 Å². The molecule has 1 amide bonds. The van der Waals surface area contributed by atoms with Crippen LogP contribution in [0.25, 0.3) is 0 Å². The third-order valence-electron chi connectivity index (χ3n) is 2.72. The van der Waals surface area contributed by atoms with Gasteiger partial charge in [-0.05, 0) is 36.8 Å². The van der Waals surface area contributed by atoms with Crippen LogP contribution < -0.4 is 10.1 Å². The summed E-state index contributed by atoms with van der Waals surface area (Å²) in [5, 5.41) is 3.28. The summed E-state index contributed by atoms with van der Waals surface area (Å²) in [6.07, 6.45) is 2.95. The fourth-order valence-corrected chi connectivity index (χ4v) is 2.00. The Bertz CT molecular complexity index is 553. The topological polar surface area (TPSA) is 54.1 Å². The molecule has 4 nitrogen and oxygen atoms in total. The van der Waals surface area contributed by atoms with Crippen molar-refractivity contribution in [2.24, 2.45) is 0 Å². The molecule has 1 heterocycles. The van der Waals surface area contributed by atoms with Crippen molar-refractivity contribution in [3.05, 3.63) is 47.2 Å². The molecule has 100 valence electrons.